The molecule has 4 aromatic rings. The van der Waals surface area contributed by atoms with Crippen LogP contribution in [0.3, 0.4) is 0 Å². The highest BCUT2D eigenvalue weighted by atomic mass is 32.2. The summed E-state index contributed by atoms with van der Waals surface area (Å²) in [5, 5.41) is 10.6. The molecule has 0 aliphatic carbocycles. The largest absolute Gasteiger partial charge is 0.293 e. The summed E-state index contributed by atoms with van der Waals surface area (Å²) < 4.78 is 2.07. The number of nitrogens with zero attached hydrogens (tertiary/aromatic N) is 3. The Morgan fingerprint density at radius 3 is 2.50 bits per heavy atom. The molecule has 2 heterocycles. The van der Waals surface area contributed by atoms with Crippen molar-refractivity contribution in [2.24, 2.45) is 0 Å². The van der Waals surface area contributed by atoms with Crippen LogP contribution in [0.2, 0.25) is 0 Å². The van der Waals surface area contributed by atoms with Gasteiger partial charge >= 0.3 is 0 Å². The first-order valence-electron chi connectivity index (χ1n) is 9.45. The number of hydrogen-bond donors (Lipinski definition) is 0. The van der Waals surface area contributed by atoms with E-state index in [-0.39, 0.29) is 5.78 Å². The summed E-state index contributed by atoms with van der Waals surface area (Å²) in [7, 11) is 0. The lowest BCUT2D eigenvalue weighted by atomic mass is 10.0. The van der Waals surface area contributed by atoms with E-state index in [0.29, 0.717) is 11.7 Å². The standard InChI is InChI=1S/C23H23N3OS/c1-14(2)17-8-10-18(11-9-17)20(27)13-28-23-25-24-21-12-16(4)19-7-5-6-15(3)22(19)26(21)23/h5-12,14H,13H2,1-4H3. The molecule has 0 aliphatic heterocycles. The summed E-state index contributed by atoms with van der Waals surface area (Å²) in [6.07, 6.45) is 0. The molecule has 28 heavy (non-hydrogen) atoms. The molecule has 142 valence electrons. The Kier molecular flexibility index (Phi) is 4.94. The van der Waals surface area contributed by atoms with E-state index in [9.17, 15) is 4.79 Å². The monoisotopic (exact) mass is 389 g/mol. The molecule has 2 aromatic heterocycles. The lowest BCUT2D eigenvalue weighted by molar-refractivity contribution is 0.102. The van der Waals surface area contributed by atoms with E-state index in [1.807, 2.05) is 30.3 Å². The molecule has 0 radical (unpaired) electrons. The van der Waals surface area contributed by atoms with Gasteiger partial charge in [0, 0.05) is 10.9 Å². The first-order chi connectivity index (χ1) is 13.5. The molecular weight excluding hydrogens is 366 g/mol. The Morgan fingerprint density at radius 1 is 1.04 bits per heavy atom. The van der Waals surface area contributed by atoms with Gasteiger partial charge in [-0.25, -0.2) is 0 Å². The Morgan fingerprint density at radius 2 is 1.79 bits per heavy atom. The van der Waals surface area contributed by atoms with Crippen LogP contribution >= 0.6 is 11.8 Å². The number of hydrogen-bond acceptors (Lipinski definition) is 4. The average Bonchev–Trinajstić information content (AvgIpc) is 3.09. The van der Waals surface area contributed by atoms with Crippen LogP contribution < -0.4 is 0 Å². The van der Waals surface area contributed by atoms with E-state index < -0.39 is 0 Å². The molecule has 0 amide bonds. The molecule has 4 rings (SSSR count). The van der Waals surface area contributed by atoms with Crippen LogP contribution in [0, 0.1) is 13.8 Å². The fourth-order valence-corrected chi connectivity index (χ4v) is 4.33. The topological polar surface area (TPSA) is 47.3 Å². The van der Waals surface area contributed by atoms with Crippen molar-refractivity contribution in [3.8, 4) is 0 Å². The van der Waals surface area contributed by atoms with E-state index in [1.165, 1.54) is 33.8 Å². The van der Waals surface area contributed by atoms with Crippen molar-refractivity contribution in [1.29, 1.82) is 0 Å². The van der Waals surface area contributed by atoms with Crippen LogP contribution in [-0.2, 0) is 0 Å². The van der Waals surface area contributed by atoms with Gasteiger partial charge in [-0.2, -0.15) is 0 Å². The number of aromatic nitrogens is 3. The third kappa shape index (κ3) is 3.31. The van der Waals surface area contributed by atoms with E-state index in [0.717, 1.165) is 21.9 Å². The van der Waals surface area contributed by atoms with Crippen LogP contribution in [0.25, 0.3) is 16.6 Å². The van der Waals surface area contributed by atoms with Gasteiger partial charge in [0.2, 0.25) is 0 Å². The molecule has 0 saturated carbocycles. The molecule has 0 spiro atoms. The summed E-state index contributed by atoms with van der Waals surface area (Å²) in [4.78, 5) is 12.7. The molecule has 0 bridgehead atoms. The van der Waals surface area contributed by atoms with Gasteiger partial charge in [-0.05, 0) is 42.5 Å². The van der Waals surface area contributed by atoms with Gasteiger partial charge in [0.15, 0.2) is 16.6 Å². The molecule has 5 heteroatoms. The number of aryl methyl sites for hydroxylation is 2. The molecule has 0 atom stereocenters. The Bertz CT molecular complexity index is 1180. The zero-order valence-corrected chi connectivity index (χ0v) is 17.4. The highest BCUT2D eigenvalue weighted by Crippen LogP contribution is 2.28. The summed E-state index contributed by atoms with van der Waals surface area (Å²) in [5.74, 6) is 0.898. The number of rotatable bonds is 5. The lowest BCUT2D eigenvalue weighted by Gasteiger charge is -2.10. The van der Waals surface area contributed by atoms with Gasteiger partial charge in [0.25, 0.3) is 0 Å². The molecule has 2 aromatic carbocycles. The molecule has 4 nitrogen and oxygen atoms in total. The number of thioether (sulfide) groups is 1. The molecule has 0 unspecified atom stereocenters. The Labute approximate surface area is 169 Å². The fourth-order valence-electron chi connectivity index (χ4n) is 3.49. The maximum Gasteiger partial charge on any atom is 0.196 e. The Hall–Kier alpha value is -2.66. The second-order valence-electron chi connectivity index (χ2n) is 7.46. The number of benzene rings is 2. The molecule has 0 N–H and O–H groups in total. The maximum atomic E-state index is 12.7. The van der Waals surface area contributed by atoms with Crippen molar-refractivity contribution < 1.29 is 4.79 Å². The zero-order chi connectivity index (χ0) is 19.8. The third-order valence-electron chi connectivity index (χ3n) is 5.12. The van der Waals surface area contributed by atoms with Gasteiger partial charge in [0.1, 0.15) is 0 Å². The molecular formula is C23H23N3OS. The van der Waals surface area contributed by atoms with Crippen LogP contribution in [0.15, 0.2) is 53.7 Å². The predicted molar refractivity (Wildman–Crippen MR) is 116 cm³/mol. The van der Waals surface area contributed by atoms with Crippen LogP contribution in [-0.4, -0.2) is 26.1 Å². The average molecular weight is 390 g/mol. The smallest absolute Gasteiger partial charge is 0.196 e. The van der Waals surface area contributed by atoms with Crippen LogP contribution in [0.5, 0.6) is 0 Å². The number of fused-ring (bicyclic) bond motifs is 3. The summed E-state index contributed by atoms with van der Waals surface area (Å²) in [6.45, 7) is 8.49. The molecule has 0 fully saturated rings. The number of carbonyl (C=O) groups excluding carboxylic acids is 1. The third-order valence-corrected chi connectivity index (χ3v) is 6.05. The lowest BCUT2D eigenvalue weighted by Crippen LogP contribution is -2.04. The van der Waals surface area contributed by atoms with E-state index in [1.54, 1.807) is 0 Å². The maximum absolute atomic E-state index is 12.7. The second kappa shape index (κ2) is 7.40. The normalized spacial score (nSPS) is 11.6. The zero-order valence-electron chi connectivity index (χ0n) is 16.6. The Balaban J connectivity index is 1.64. The minimum Gasteiger partial charge on any atom is -0.293 e. The van der Waals surface area contributed by atoms with Gasteiger partial charge in [-0.3, -0.25) is 9.20 Å². The van der Waals surface area contributed by atoms with Crippen LogP contribution in [0.4, 0.5) is 0 Å². The highest BCUT2D eigenvalue weighted by molar-refractivity contribution is 7.99. The van der Waals surface area contributed by atoms with Crippen molar-refractivity contribution in [1.82, 2.24) is 14.6 Å². The number of pyridine rings is 1. The number of para-hydroxylation sites is 1. The van der Waals surface area contributed by atoms with Crippen molar-refractivity contribution in [3.63, 3.8) is 0 Å². The van der Waals surface area contributed by atoms with Crippen molar-refractivity contribution >= 4 is 34.1 Å². The van der Waals surface area contributed by atoms with Gasteiger partial charge in [-0.15, -0.1) is 10.2 Å². The minimum atomic E-state index is 0.102. The summed E-state index contributed by atoms with van der Waals surface area (Å²) in [6, 6.07) is 16.2. The summed E-state index contributed by atoms with van der Waals surface area (Å²) in [5.41, 5.74) is 6.25. The molecule has 0 aliphatic rings. The van der Waals surface area contributed by atoms with Crippen LogP contribution in [0.1, 0.15) is 46.8 Å². The van der Waals surface area contributed by atoms with E-state index in [2.05, 4.69) is 60.5 Å². The molecule has 0 saturated heterocycles. The quantitative estimate of drug-likeness (QED) is 0.329. The van der Waals surface area contributed by atoms with Crippen molar-refractivity contribution in [2.75, 3.05) is 5.75 Å². The summed E-state index contributed by atoms with van der Waals surface area (Å²) >= 11 is 1.44. The highest BCUT2D eigenvalue weighted by Gasteiger charge is 2.15. The van der Waals surface area contributed by atoms with E-state index in [4.69, 9.17) is 0 Å². The second-order valence-corrected chi connectivity index (χ2v) is 8.41. The van der Waals surface area contributed by atoms with Gasteiger partial charge in [-0.1, -0.05) is 68.1 Å². The number of ketones is 1. The number of carbonyl (C=O) groups is 1. The first-order valence-corrected chi connectivity index (χ1v) is 10.4. The minimum absolute atomic E-state index is 0.102. The fraction of sp³-hybridized carbons (Fsp3) is 0.261. The van der Waals surface area contributed by atoms with Crippen molar-refractivity contribution in [3.05, 3.63) is 70.8 Å². The van der Waals surface area contributed by atoms with Crippen molar-refractivity contribution in [2.45, 2.75) is 38.8 Å². The van der Waals surface area contributed by atoms with Gasteiger partial charge in [0.05, 0.1) is 11.3 Å². The number of Topliss-reactive ketones (excluding diaryl/α,β-unsaturated/α-hetero) is 1. The SMILES string of the molecule is Cc1cc2nnc(SCC(=O)c3ccc(C(C)C)cc3)n2c2c(C)cccc12. The predicted octanol–water partition coefficient (Wildman–Crippen LogP) is 5.60. The first kappa shape index (κ1) is 18.7. The van der Waals surface area contributed by atoms with E-state index >= 15 is 0 Å². The van der Waals surface area contributed by atoms with Gasteiger partial charge < -0.3 is 0 Å².